The largest absolute Gasteiger partial charge is 0.496 e. The highest BCUT2D eigenvalue weighted by Gasteiger charge is 2.28. The lowest BCUT2D eigenvalue weighted by atomic mass is 9.73. The van der Waals surface area contributed by atoms with E-state index in [0.717, 1.165) is 29.0 Å². The molecule has 1 atom stereocenters. The molecule has 0 aliphatic heterocycles. The van der Waals surface area contributed by atoms with Crippen molar-refractivity contribution in [3.63, 3.8) is 0 Å². The number of methoxy groups -OCH3 is 1. The first kappa shape index (κ1) is 22.3. The van der Waals surface area contributed by atoms with Gasteiger partial charge in [0.15, 0.2) is 0 Å². The van der Waals surface area contributed by atoms with Crippen molar-refractivity contribution in [3.8, 4) is 11.5 Å². The van der Waals surface area contributed by atoms with Crippen molar-refractivity contribution in [2.24, 2.45) is 0 Å². The molecule has 0 aliphatic carbocycles. The van der Waals surface area contributed by atoms with Gasteiger partial charge in [-0.2, -0.15) is 0 Å². The zero-order valence-electron chi connectivity index (χ0n) is 18.8. The van der Waals surface area contributed by atoms with Crippen LogP contribution in [0.2, 0.25) is 0 Å². The molecule has 0 saturated carbocycles. The number of aryl methyl sites for hydroxylation is 4. The van der Waals surface area contributed by atoms with Crippen LogP contribution in [0.15, 0.2) is 24.3 Å². The van der Waals surface area contributed by atoms with E-state index in [4.69, 9.17) is 9.47 Å². The fourth-order valence-corrected chi connectivity index (χ4v) is 4.29. The lowest BCUT2D eigenvalue weighted by molar-refractivity contribution is 0.135. The van der Waals surface area contributed by atoms with Crippen LogP contribution < -0.4 is 9.47 Å². The first-order chi connectivity index (χ1) is 13.1. The van der Waals surface area contributed by atoms with E-state index >= 15 is 0 Å². The molecule has 0 heterocycles. The van der Waals surface area contributed by atoms with E-state index in [9.17, 15) is 5.11 Å². The Labute approximate surface area is 170 Å². The minimum atomic E-state index is -0.290. The van der Waals surface area contributed by atoms with Crippen molar-refractivity contribution in [3.05, 3.63) is 57.6 Å². The summed E-state index contributed by atoms with van der Waals surface area (Å²) in [6.07, 6.45) is 1.13. The smallest absolute Gasteiger partial charge is 0.124 e. The van der Waals surface area contributed by atoms with Crippen LogP contribution in [-0.2, 0) is 5.41 Å². The highest BCUT2D eigenvalue weighted by Crippen LogP contribution is 2.39. The van der Waals surface area contributed by atoms with E-state index in [0.29, 0.717) is 13.0 Å². The first-order valence-electron chi connectivity index (χ1n) is 10.2. The van der Waals surface area contributed by atoms with Crippen LogP contribution in [0.3, 0.4) is 0 Å². The van der Waals surface area contributed by atoms with Crippen LogP contribution in [0.25, 0.3) is 0 Å². The van der Waals surface area contributed by atoms with Crippen molar-refractivity contribution in [1.82, 2.24) is 0 Å². The highest BCUT2D eigenvalue weighted by molar-refractivity contribution is 5.53. The van der Waals surface area contributed by atoms with E-state index in [1.165, 1.54) is 22.3 Å². The quantitative estimate of drug-likeness (QED) is 0.625. The molecule has 0 aromatic heterocycles. The Morgan fingerprint density at radius 1 is 0.929 bits per heavy atom. The molecule has 154 valence electrons. The molecule has 2 aromatic rings. The second-order valence-electron chi connectivity index (χ2n) is 8.40. The number of hydrogen-bond donors (Lipinski definition) is 1. The molecule has 0 bridgehead atoms. The van der Waals surface area contributed by atoms with E-state index in [1.807, 2.05) is 6.92 Å². The summed E-state index contributed by atoms with van der Waals surface area (Å²) in [4.78, 5) is 0. The average Bonchev–Trinajstić information content (AvgIpc) is 2.60. The Bertz CT molecular complexity index is 775. The van der Waals surface area contributed by atoms with Gasteiger partial charge in [0.2, 0.25) is 0 Å². The Hall–Kier alpha value is -2.00. The van der Waals surface area contributed by atoms with Crippen LogP contribution in [-0.4, -0.2) is 24.9 Å². The van der Waals surface area contributed by atoms with Gasteiger partial charge in [0.05, 0.1) is 19.8 Å². The zero-order chi connectivity index (χ0) is 21.1. The Morgan fingerprint density at radius 2 is 1.46 bits per heavy atom. The lowest BCUT2D eigenvalue weighted by Crippen LogP contribution is -2.22. The molecular formula is C25H36O3. The van der Waals surface area contributed by atoms with Crippen molar-refractivity contribution in [1.29, 1.82) is 0 Å². The molecule has 1 N–H and O–H groups in total. The third kappa shape index (κ3) is 4.70. The van der Waals surface area contributed by atoms with Crippen LogP contribution in [0.1, 0.15) is 67.0 Å². The number of aliphatic hydroxyl groups excluding tert-OH is 1. The standard InChI is InChI=1S/C25H36O3/c1-9-21(26)10-11-28-22-14-16(2)23(17(3)15-22)25(6,7)20-12-18(4)24(27-8)19(5)13-20/h12-15,21,26H,9-11H2,1-8H3. The summed E-state index contributed by atoms with van der Waals surface area (Å²) in [5, 5.41) is 9.72. The van der Waals surface area contributed by atoms with E-state index in [2.05, 4.69) is 65.8 Å². The molecule has 0 radical (unpaired) electrons. The normalized spacial score (nSPS) is 12.8. The van der Waals surface area contributed by atoms with Crippen molar-refractivity contribution >= 4 is 0 Å². The van der Waals surface area contributed by atoms with E-state index < -0.39 is 0 Å². The van der Waals surface area contributed by atoms with Crippen LogP contribution in [0.4, 0.5) is 0 Å². The maximum Gasteiger partial charge on any atom is 0.124 e. The second kappa shape index (κ2) is 9.00. The Kier molecular flexibility index (Phi) is 7.16. The second-order valence-corrected chi connectivity index (χ2v) is 8.40. The summed E-state index contributed by atoms with van der Waals surface area (Å²) in [6, 6.07) is 8.71. The third-order valence-corrected chi connectivity index (χ3v) is 5.71. The minimum absolute atomic E-state index is 0.132. The van der Waals surface area contributed by atoms with Gasteiger partial charge >= 0.3 is 0 Å². The fraction of sp³-hybridized carbons (Fsp3) is 0.520. The van der Waals surface area contributed by atoms with Gasteiger partial charge in [0.25, 0.3) is 0 Å². The maximum atomic E-state index is 9.72. The molecule has 3 heteroatoms. The topological polar surface area (TPSA) is 38.7 Å². The minimum Gasteiger partial charge on any atom is -0.496 e. The number of rotatable bonds is 8. The number of benzene rings is 2. The van der Waals surface area contributed by atoms with Crippen molar-refractivity contribution in [2.75, 3.05) is 13.7 Å². The van der Waals surface area contributed by atoms with Gasteiger partial charge in [-0.3, -0.25) is 0 Å². The average molecular weight is 385 g/mol. The third-order valence-electron chi connectivity index (χ3n) is 5.71. The summed E-state index contributed by atoms with van der Waals surface area (Å²) in [6.45, 7) is 15.6. The molecule has 28 heavy (non-hydrogen) atoms. The van der Waals surface area contributed by atoms with Gasteiger partial charge in [-0.25, -0.2) is 0 Å². The summed E-state index contributed by atoms with van der Waals surface area (Å²) in [5.41, 5.74) is 7.26. The summed E-state index contributed by atoms with van der Waals surface area (Å²) < 4.78 is 11.4. The molecule has 2 rings (SSSR count). The molecule has 3 nitrogen and oxygen atoms in total. The predicted octanol–water partition coefficient (Wildman–Crippen LogP) is 5.79. The molecule has 0 spiro atoms. The van der Waals surface area contributed by atoms with E-state index in [-0.39, 0.29) is 11.5 Å². The number of hydrogen-bond acceptors (Lipinski definition) is 3. The molecule has 0 fully saturated rings. The summed E-state index contributed by atoms with van der Waals surface area (Å²) >= 11 is 0. The van der Waals surface area contributed by atoms with Crippen LogP contribution in [0.5, 0.6) is 11.5 Å². The molecular weight excluding hydrogens is 348 g/mol. The van der Waals surface area contributed by atoms with Gasteiger partial charge < -0.3 is 14.6 Å². The fourth-order valence-electron chi connectivity index (χ4n) is 4.29. The highest BCUT2D eigenvalue weighted by atomic mass is 16.5. The van der Waals surface area contributed by atoms with Gasteiger partial charge in [0, 0.05) is 11.8 Å². The van der Waals surface area contributed by atoms with Gasteiger partial charge in [-0.1, -0.05) is 32.9 Å². The van der Waals surface area contributed by atoms with E-state index in [1.54, 1.807) is 7.11 Å². The zero-order valence-corrected chi connectivity index (χ0v) is 18.8. The van der Waals surface area contributed by atoms with Gasteiger partial charge in [-0.15, -0.1) is 0 Å². The molecule has 0 amide bonds. The van der Waals surface area contributed by atoms with Gasteiger partial charge in [-0.05, 0) is 79.6 Å². The number of aliphatic hydroxyl groups is 1. The number of ether oxygens (including phenoxy) is 2. The monoisotopic (exact) mass is 384 g/mol. The first-order valence-corrected chi connectivity index (χ1v) is 10.2. The van der Waals surface area contributed by atoms with Gasteiger partial charge in [0.1, 0.15) is 11.5 Å². The maximum absolute atomic E-state index is 9.72. The predicted molar refractivity (Wildman–Crippen MR) is 117 cm³/mol. The van der Waals surface area contributed by atoms with Crippen molar-refractivity contribution < 1.29 is 14.6 Å². The lowest BCUT2D eigenvalue weighted by Gasteiger charge is -2.31. The molecule has 1 unspecified atom stereocenters. The van der Waals surface area contributed by atoms with Crippen molar-refractivity contribution in [2.45, 2.75) is 72.8 Å². The Morgan fingerprint density at radius 3 is 1.93 bits per heavy atom. The molecule has 2 aromatic carbocycles. The molecule has 0 aliphatic rings. The SMILES string of the molecule is CCC(O)CCOc1cc(C)c(C(C)(C)c2cc(C)c(OC)c(C)c2)c(C)c1. The molecule has 0 saturated heterocycles. The summed E-state index contributed by atoms with van der Waals surface area (Å²) in [5.74, 6) is 1.84. The Balaban J connectivity index is 2.36. The summed E-state index contributed by atoms with van der Waals surface area (Å²) in [7, 11) is 1.73. The van der Waals surface area contributed by atoms with Crippen LogP contribution in [0, 0.1) is 27.7 Å². The van der Waals surface area contributed by atoms with Crippen LogP contribution >= 0.6 is 0 Å².